The third kappa shape index (κ3) is 1.29. The van der Waals surface area contributed by atoms with Crippen molar-refractivity contribution in [2.24, 2.45) is 5.92 Å². The Morgan fingerprint density at radius 2 is 2.19 bits per heavy atom. The van der Waals surface area contributed by atoms with Gasteiger partial charge in [-0.25, -0.2) is 0 Å². The number of carbonyl (C=O) groups excluding carboxylic acids is 1. The second-order valence-electron chi connectivity index (χ2n) is 5.25. The maximum atomic E-state index is 11.6. The zero-order valence-electron chi connectivity index (χ0n) is 9.62. The topological polar surface area (TPSA) is 29.1 Å². The minimum atomic E-state index is 0.226. The number of rotatable bonds is 1. The lowest BCUT2D eigenvalue weighted by Gasteiger charge is -2.35. The fourth-order valence-corrected chi connectivity index (χ4v) is 3.42. The van der Waals surface area contributed by atoms with Crippen LogP contribution in [0.5, 0.6) is 0 Å². The Morgan fingerprint density at radius 1 is 1.38 bits per heavy atom. The van der Waals surface area contributed by atoms with E-state index in [0.717, 1.165) is 25.8 Å². The summed E-state index contributed by atoms with van der Waals surface area (Å²) < 4.78 is 0. The molecule has 16 heavy (non-hydrogen) atoms. The number of hydrogen-bond donors (Lipinski definition) is 1. The van der Waals surface area contributed by atoms with E-state index >= 15 is 0 Å². The van der Waals surface area contributed by atoms with E-state index in [4.69, 9.17) is 0 Å². The van der Waals surface area contributed by atoms with E-state index in [0.29, 0.717) is 0 Å². The maximum absolute atomic E-state index is 11.6. The first-order valence-electron chi connectivity index (χ1n) is 6.05. The minimum Gasteiger partial charge on any atom is -0.355 e. The second kappa shape index (κ2) is 3.34. The van der Waals surface area contributed by atoms with Crippen LogP contribution in [0.25, 0.3) is 0 Å². The molecule has 84 valence electrons. The van der Waals surface area contributed by atoms with Crippen LogP contribution in [0.2, 0.25) is 0 Å². The molecule has 1 N–H and O–H groups in total. The number of hydrogen-bond acceptors (Lipinski definition) is 1. The molecule has 1 heterocycles. The van der Waals surface area contributed by atoms with Crippen molar-refractivity contribution in [2.75, 3.05) is 6.54 Å². The third-order valence-corrected chi connectivity index (χ3v) is 4.30. The highest BCUT2D eigenvalue weighted by Crippen LogP contribution is 2.47. The van der Waals surface area contributed by atoms with Gasteiger partial charge in [0.1, 0.15) is 0 Å². The first-order valence-corrected chi connectivity index (χ1v) is 6.05. The smallest absolute Gasteiger partial charge is 0.223 e. The molecule has 1 aromatic carbocycles. The van der Waals surface area contributed by atoms with Gasteiger partial charge in [0.15, 0.2) is 0 Å². The molecule has 1 aromatic rings. The number of carbonyl (C=O) groups is 1. The Labute approximate surface area is 96.1 Å². The summed E-state index contributed by atoms with van der Waals surface area (Å²) in [5, 5.41) is 3.07. The Hall–Kier alpha value is -1.31. The molecule has 2 unspecified atom stereocenters. The van der Waals surface area contributed by atoms with Crippen molar-refractivity contribution in [1.29, 1.82) is 0 Å². The monoisotopic (exact) mass is 215 g/mol. The zero-order chi connectivity index (χ0) is 11.2. The number of amides is 1. The van der Waals surface area contributed by atoms with Gasteiger partial charge in [0.2, 0.25) is 5.91 Å². The number of aryl methyl sites for hydroxylation is 1. The van der Waals surface area contributed by atoms with E-state index in [1.54, 1.807) is 0 Å². The van der Waals surface area contributed by atoms with Crippen LogP contribution >= 0.6 is 0 Å². The van der Waals surface area contributed by atoms with Crippen LogP contribution in [-0.2, 0) is 10.2 Å². The predicted molar refractivity (Wildman–Crippen MR) is 63.2 cm³/mol. The van der Waals surface area contributed by atoms with Crippen molar-refractivity contribution in [3.8, 4) is 0 Å². The van der Waals surface area contributed by atoms with Crippen LogP contribution in [0.15, 0.2) is 24.3 Å². The summed E-state index contributed by atoms with van der Waals surface area (Å²) in [5.74, 6) is 0.523. The van der Waals surface area contributed by atoms with Gasteiger partial charge in [0, 0.05) is 17.9 Å². The fourth-order valence-electron chi connectivity index (χ4n) is 3.42. The molecule has 1 amide bonds. The Morgan fingerprint density at radius 3 is 3.00 bits per heavy atom. The maximum Gasteiger partial charge on any atom is 0.223 e. The Balaban J connectivity index is 2.02. The Bertz CT molecular complexity index is 440. The van der Waals surface area contributed by atoms with Crippen LogP contribution in [0.4, 0.5) is 0 Å². The average molecular weight is 215 g/mol. The first-order chi connectivity index (χ1) is 7.71. The lowest BCUT2D eigenvalue weighted by Crippen LogP contribution is -2.45. The lowest BCUT2D eigenvalue weighted by atomic mass is 9.74. The standard InChI is InChI=1S/C14H17NO/c1-10-4-2-3-5-12(10)14-7-6-11(8-14)13(16)15-9-14/h2-5,11H,6-9H2,1H3,(H,15,16). The quantitative estimate of drug-likeness (QED) is 0.764. The summed E-state index contributed by atoms with van der Waals surface area (Å²) in [6.07, 6.45) is 3.26. The van der Waals surface area contributed by atoms with Crippen LogP contribution < -0.4 is 5.32 Å². The number of nitrogens with one attached hydrogen (secondary N) is 1. The molecule has 2 fully saturated rings. The molecular weight excluding hydrogens is 198 g/mol. The summed E-state index contributed by atoms with van der Waals surface area (Å²) >= 11 is 0. The highest BCUT2D eigenvalue weighted by Gasteiger charge is 2.47. The van der Waals surface area contributed by atoms with E-state index < -0.39 is 0 Å². The number of fused-ring (bicyclic) bond motifs is 2. The molecule has 0 radical (unpaired) electrons. The van der Waals surface area contributed by atoms with Gasteiger partial charge in [-0.1, -0.05) is 24.3 Å². The minimum absolute atomic E-state index is 0.226. The molecule has 2 bridgehead atoms. The van der Waals surface area contributed by atoms with E-state index in [9.17, 15) is 4.79 Å². The molecule has 0 aromatic heterocycles. The van der Waals surface area contributed by atoms with Gasteiger partial charge in [-0.2, -0.15) is 0 Å². The van der Waals surface area contributed by atoms with Gasteiger partial charge in [0.05, 0.1) is 0 Å². The summed E-state index contributed by atoms with van der Waals surface area (Å²) in [6, 6.07) is 8.60. The SMILES string of the molecule is Cc1ccccc1C12CCC(C1)C(=O)NC2. The lowest BCUT2D eigenvalue weighted by molar-refractivity contribution is -0.126. The van der Waals surface area contributed by atoms with Gasteiger partial charge in [-0.15, -0.1) is 0 Å². The largest absolute Gasteiger partial charge is 0.355 e. The molecular formula is C14H17NO. The van der Waals surface area contributed by atoms with Gasteiger partial charge >= 0.3 is 0 Å². The van der Waals surface area contributed by atoms with E-state index in [1.165, 1.54) is 11.1 Å². The molecule has 2 heteroatoms. The Kier molecular flexibility index (Phi) is 2.06. The summed E-state index contributed by atoms with van der Waals surface area (Å²) in [5.41, 5.74) is 3.03. The van der Waals surface area contributed by atoms with Gasteiger partial charge in [-0.3, -0.25) is 4.79 Å². The summed E-state index contributed by atoms with van der Waals surface area (Å²) in [4.78, 5) is 11.6. The van der Waals surface area contributed by atoms with Crippen molar-refractivity contribution >= 4 is 5.91 Å². The zero-order valence-corrected chi connectivity index (χ0v) is 9.62. The first kappa shape index (κ1) is 9.88. The van der Waals surface area contributed by atoms with Crippen LogP contribution in [0.3, 0.4) is 0 Å². The number of piperidine rings is 1. The molecule has 1 saturated heterocycles. The van der Waals surface area contributed by atoms with E-state index in [2.05, 4.69) is 36.5 Å². The molecule has 0 spiro atoms. The molecule has 1 aliphatic carbocycles. The van der Waals surface area contributed by atoms with E-state index in [-0.39, 0.29) is 17.2 Å². The summed E-state index contributed by atoms with van der Waals surface area (Å²) in [6.45, 7) is 3.00. The molecule has 1 aliphatic heterocycles. The average Bonchev–Trinajstić information content (AvgIpc) is 2.66. The fraction of sp³-hybridized carbons (Fsp3) is 0.500. The predicted octanol–water partition coefficient (Wildman–Crippen LogP) is 2.16. The molecule has 3 rings (SSSR count). The van der Waals surface area contributed by atoms with Gasteiger partial charge < -0.3 is 5.32 Å². The van der Waals surface area contributed by atoms with Crippen molar-refractivity contribution in [2.45, 2.75) is 31.6 Å². The van der Waals surface area contributed by atoms with Crippen molar-refractivity contribution in [1.82, 2.24) is 5.32 Å². The van der Waals surface area contributed by atoms with Crippen LogP contribution in [0, 0.1) is 12.8 Å². The summed E-state index contributed by atoms with van der Waals surface area (Å²) in [7, 11) is 0. The second-order valence-corrected chi connectivity index (χ2v) is 5.25. The third-order valence-electron chi connectivity index (χ3n) is 4.30. The van der Waals surface area contributed by atoms with Crippen LogP contribution in [-0.4, -0.2) is 12.5 Å². The highest BCUT2D eigenvalue weighted by atomic mass is 16.2. The molecule has 1 saturated carbocycles. The molecule has 2 atom stereocenters. The van der Waals surface area contributed by atoms with Gasteiger partial charge in [0.25, 0.3) is 0 Å². The van der Waals surface area contributed by atoms with Crippen molar-refractivity contribution < 1.29 is 4.79 Å². The van der Waals surface area contributed by atoms with Crippen LogP contribution in [0.1, 0.15) is 30.4 Å². The van der Waals surface area contributed by atoms with Gasteiger partial charge in [-0.05, 0) is 37.3 Å². The highest BCUT2D eigenvalue weighted by molar-refractivity contribution is 5.81. The van der Waals surface area contributed by atoms with E-state index in [1.807, 2.05) is 0 Å². The number of benzene rings is 1. The van der Waals surface area contributed by atoms with Crippen molar-refractivity contribution in [3.05, 3.63) is 35.4 Å². The molecule has 2 aliphatic rings. The molecule has 2 nitrogen and oxygen atoms in total. The van der Waals surface area contributed by atoms with Crippen molar-refractivity contribution in [3.63, 3.8) is 0 Å². The normalized spacial score (nSPS) is 32.6.